The summed E-state index contributed by atoms with van der Waals surface area (Å²) in [5, 5.41) is 19.8. The number of guanidine groups is 1. The number of hydrogen-bond acceptors (Lipinski definition) is 11. The van der Waals surface area contributed by atoms with Gasteiger partial charge >= 0.3 is 12.2 Å². The molecule has 0 fully saturated rings. The highest BCUT2D eigenvalue weighted by molar-refractivity contribution is 6.45. The molecule has 1 unspecified atom stereocenters. The number of alkyl carbamates (subject to hydrolysis) is 2. The number of ether oxygens (including phenoxy) is 4. The van der Waals surface area contributed by atoms with Crippen LogP contribution in [-0.4, -0.2) is 73.7 Å². The number of carbonyl (C=O) groups excluding carboxylic acids is 4. The molecule has 1 atom stereocenters. The molecule has 0 bridgehead atoms. The fourth-order valence-electron chi connectivity index (χ4n) is 4.24. The third-order valence-corrected chi connectivity index (χ3v) is 7.46. The van der Waals surface area contributed by atoms with Crippen LogP contribution in [0.2, 0.25) is 0 Å². The van der Waals surface area contributed by atoms with Gasteiger partial charge in [0.15, 0.2) is 0 Å². The van der Waals surface area contributed by atoms with Crippen LogP contribution < -0.4 is 26.0 Å². The van der Waals surface area contributed by atoms with Crippen molar-refractivity contribution in [3.05, 3.63) is 59.4 Å². The van der Waals surface area contributed by atoms with Crippen molar-refractivity contribution in [1.29, 1.82) is 5.41 Å². The number of anilines is 1. The second kappa shape index (κ2) is 22.9. The van der Waals surface area contributed by atoms with Gasteiger partial charge in [-0.15, -0.1) is 0 Å². The predicted octanol–water partition coefficient (Wildman–Crippen LogP) is 7.49. The average molecular weight is 773 g/mol. The highest BCUT2D eigenvalue weighted by atomic mass is 19.1. The number of hydrogen-bond donors (Lipinski definition) is 5. The number of amides is 3. The molecule has 0 aliphatic rings. The van der Waals surface area contributed by atoms with E-state index < -0.39 is 29.3 Å². The normalized spacial score (nSPS) is 11.7. The quantitative estimate of drug-likeness (QED) is 0.0402. The fourth-order valence-corrected chi connectivity index (χ4v) is 4.24. The summed E-state index contributed by atoms with van der Waals surface area (Å²) in [6.07, 6.45) is 1.62. The molecule has 3 amide bonds. The van der Waals surface area contributed by atoms with Gasteiger partial charge in [0.05, 0.1) is 13.7 Å². The Balaban J connectivity index is 0.00000359. The van der Waals surface area contributed by atoms with Gasteiger partial charge in [0, 0.05) is 36.4 Å². The van der Waals surface area contributed by atoms with E-state index in [1.807, 2.05) is 27.7 Å². The number of carbonyl (C=O) groups is 4. The number of nitrogens with zero attached hydrogens (tertiary/aromatic N) is 1. The zero-order valence-corrected chi connectivity index (χ0v) is 34.2. The van der Waals surface area contributed by atoms with Crippen LogP contribution >= 0.6 is 0 Å². The van der Waals surface area contributed by atoms with Crippen molar-refractivity contribution < 1.29 is 42.5 Å². The molecule has 55 heavy (non-hydrogen) atoms. The van der Waals surface area contributed by atoms with Gasteiger partial charge in [0.25, 0.3) is 12.4 Å². The molecule has 15 heteroatoms. The second-order valence-electron chi connectivity index (χ2n) is 15.7. The molecule has 0 aliphatic heterocycles. The van der Waals surface area contributed by atoms with Crippen LogP contribution in [0.1, 0.15) is 106 Å². The topological polar surface area (TPSA) is 190 Å². The molecule has 0 saturated carbocycles. The first-order chi connectivity index (χ1) is 25.5. The highest BCUT2D eigenvalue weighted by Crippen LogP contribution is 2.25. The summed E-state index contributed by atoms with van der Waals surface area (Å²) >= 11 is 0. The maximum atomic E-state index is 13.4. The van der Waals surface area contributed by atoms with Crippen molar-refractivity contribution in [3.63, 3.8) is 0 Å². The molecule has 2 aromatic rings. The van der Waals surface area contributed by atoms with Crippen LogP contribution in [0.4, 0.5) is 19.7 Å². The van der Waals surface area contributed by atoms with E-state index in [1.165, 1.54) is 19.2 Å². The van der Waals surface area contributed by atoms with Crippen molar-refractivity contribution in [2.45, 2.75) is 119 Å². The molecular weight excluding hydrogens is 711 g/mol. The lowest BCUT2D eigenvalue weighted by atomic mass is 9.88. The van der Waals surface area contributed by atoms with Crippen LogP contribution in [0.3, 0.4) is 0 Å². The predicted molar refractivity (Wildman–Crippen MR) is 212 cm³/mol. The fraction of sp³-hybridized carbons (Fsp3) is 0.550. The SMILES string of the molecule is CC(NC(=O)C(=N)c1ccc(OCCCCCCN=C(NC(=O)OC(C)(C)C)NC(=O)OC(C)(C)C)cc1NCc1ccc(F)cc1)C(C)(C)C.COC=O. The molecule has 0 radical (unpaired) electrons. The number of unbranched alkanes of at least 4 members (excludes halogenated alkanes) is 3. The molecule has 0 aromatic heterocycles. The first-order valence-electron chi connectivity index (χ1n) is 18.2. The van der Waals surface area contributed by atoms with E-state index in [1.54, 1.807) is 71.9 Å². The van der Waals surface area contributed by atoms with E-state index in [4.69, 9.17) is 24.4 Å². The average Bonchev–Trinajstić information content (AvgIpc) is 3.06. The molecule has 306 valence electrons. The Labute approximate surface area is 325 Å². The maximum Gasteiger partial charge on any atom is 0.414 e. The number of aliphatic imine (C=N–C) groups is 1. The van der Waals surface area contributed by atoms with Gasteiger partial charge in [0.1, 0.15) is 28.5 Å². The molecule has 2 rings (SSSR count). The number of halogens is 1. The van der Waals surface area contributed by atoms with E-state index in [-0.39, 0.29) is 28.9 Å². The molecule has 0 spiro atoms. The summed E-state index contributed by atoms with van der Waals surface area (Å²) in [6.45, 7) is 19.9. The maximum absolute atomic E-state index is 13.4. The van der Waals surface area contributed by atoms with Gasteiger partial charge in [-0.05, 0) is 103 Å². The monoisotopic (exact) mass is 772 g/mol. The smallest absolute Gasteiger partial charge is 0.414 e. The van der Waals surface area contributed by atoms with Gasteiger partial charge in [-0.25, -0.2) is 14.0 Å². The van der Waals surface area contributed by atoms with Crippen molar-refractivity contribution in [2.24, 2.45) is 10.4 Å². The minimum Gasteiger partial charge on any atom is -0.494 e. The standard InChI is InChI=1S/C38H57FN6O6.C2H4O2/c1-25(36(2,3)4)43-32(46)31(40)29-20-19-28(23-30(29)42-24-26-15-17-27(39)18-16-26)49-22-14-12-11-13-21-41-33(44-34(47)50-37(5,6)7)45-35(48)51-38(8,9)10;1-4-2-3/h15-20,23,25,40,42H,11-14,21-22,24H2,1-10H3,(H,43,46)(H2,41,44,45,47,48);2H,1H3. The first-order valence-corrected chi connectivity index (χ1v) is 18.2. The van der Waals surface area contributed by atoms with Gasteiger partial charge in [0.2, 0.25) is 5.96 Å². The van der Waals surface area contributed by atoms with Gasteiger partial charge in [-0.2, -0.15) is 0 Å². The van der Waals surface area contributed by atoms with E-state index in [9.17, 15) is 18.8 Å². The van der Waals surface area contributed by atoms with Crippen LogP contribution in [-0.2, 0) is 30.3 Å². The van der Waals surface area contributed by atoms with Crippen molar-refractivity contribution >= 4 is 41.9 Å². The third kappa shape index (κ3) is 21.3. The highest BCUT2D eigenvalue weighted by Gasteiger charge is 2.25. The molecule has 14 nitrogen and oxygen atoms in total. The third-order valence-electron chi connectivity index (χ3n) is 7.46. The summed E-state index contributed by atoms with van der Waals surface area (Å²) in [4.78, 5) is 50.9. The van der Waals surface area contributed by atoms with E-state index >= 15 is 0 Å². The van der Waals surface area contributed by atoms with E-state index in [0.717, 1.165) is 24.8 Å². The Bertz CT molecular complexity index is 1550. The zero-order valence-electron chi connectivity index (χ0n) is 34.2. The molecule has 2 aromatic carbocycles. The van der Waals surface area contributed by atoms with E-state index in [2.05, 4.69) is 31.0 Å². The lowest BCUT2D eigenvalue weighted by Gasteiger charge is -2.28. The number of rotatable bonds is 15. The number of nitrogens with one attached hydrogen (secondary N) is 5. The van der Waals surface area contributed by atoms with E-state index in [0.29, 0.717) is 49.6 Å². The Hall–Kier alpha value is -5.21. The second-order valence-corrected chi connectivity index (χ2v) is 15.7. The molecule has 0 saturated heterocycles. The number of methoxy groups -OCH3 is 1. The Morgan fingerprint density at radius 1 is 0.855 bits per heavy atom. The van der Waals surface area contributed by atoms with Crippen molar-refractivity contribution in [1.82, 2.24) is 16.0 Å². The van der Waals surface area contributed by atoms with Crippen LogP contribution in [0.5, 0.6) is 5.75 Å². The summed E-state index contributed by atoms with van der Waals surface area (Å²) in [5.41, 5.74) is 0.0105. The Morgan fingerprint density at radius 3 is 1.91 bits per heavy atom. The largest absolute Gasteiger partial charge is 0.494 e. The van der Waals surface area contributed by atoms with Crippen molar-refractivity contribution in [3.8, 4) is 5.75 Å². The van der Waals surface area contributed by atoms with Crippen molar-refractivity contribution in [2.75, 3.05) is 25.6 Å². The summed E-state index contributed by atoms with van der Waals surface area (Å²) in [5.74, 6) is -0.284. The molecule has 5 N–H and O–H groups in total. The Morgan fingerprint density at radius 2 is 1.40 bits per heavy atom. The summed E-state index contributed by atoms with van der Waals surface area (Å²) in [6, 6.07) is 11.2. The lowest BCUT2D eigenvalue weighted by Crippen LogP contribution is -2.47. The summed E-state index contributed by atoms with van der Waals surface area (Å²) in [7, 11) is 1.31. The minimum absolute atomic E-state index is 0.0524. The molecular formula is C40H61FN6O8. The van der Waals surface area contributed by atoms with Crippen LogP contribution in [0.25, 0.3) is 0 Å². The molecule has 0 heterocycles. The lowest BCUT2D eigenvalue weighted by molar-refractivity contribution is -0.126. The van der Waals surface area contributed by atoms with Crippen LogP contribution in [0, 0.1) is 16.6 Å². The van der Waals surface area contributed by atoms with Gasteiger partial charge < -0.3 is 29.6 Å². The minimum atomic E-state index is -0.744. The number of benzene rings is 2. The Kier molecular flexibility index (Phi) is 19.9. The van der Waals surface area contributed by atoms with Gasteiger partial charge in [-0.1, -0.05) is 39.3 Å². The first kappa shape index (κ1) is 47.8. The molecule has 0 aliphatic carbocycles. The summed E-state index contributed by atoms with van der Waals surface area (Å²) < 4.78 is 33.9. The zero-order chi connectivity index (χ0) is 41.8. The van der Waals surface area contributed by atoms with Crippen LogP contribution in [0.15, 0.2) is 47.5 Å². The van der Waals surface area contributed by atoms with Gasteiger partial charge in [-0.3, -0.25) is 30.6 Å².